The minimum atomic E-state index is -1.59. The van der Waals surface area contributed by atoms with Gasteiger partial charge in [-0.15, -0.1) is 0 Å². The second-order valence-electron chi connectivity index (χ2n) is 18.0. The first-order valence-corrected chi connectivity index (χ1v) is 25.6. The molecule has 1 aliphatic heterocycles. The van der Waals surface area contributed by atoms with Crippen LogP contribution in [-0.4, -0.2) is 89.0 Å². The lowest BCUT2D eigenvalue weighted by Gasteiger charge is -2.39. The van der Waals surface area contributed by atoms with Crippen LogP contribution in [0.25, 0.3) is 0 Å². The van der Waals surface area contributed by atoms with Gasteiger partial charge in [0.05, 0.1) is 13.2 Å². The zero-order valence-corrected chi connectivity index (χ0v) is 39.0. The molecule has 0 spiro atoms. The molecule has 10 nitrogen and oxygen atoms in total. The van der Waals surface area contributed by atoms with Crippen LogP contribution in [0.1, 0.15) is 251 Å². The van der Waals surface area contributed by atoms with Crippen LogP contribution < -0.4 is 0 Å². The number of aliphatic hydroxyl groups is 4. The fraction of sp³-hybridized carbons (Fsp3) is 0.960. The fourth-order valence-electron chi connectivity index (χ4n) is 8.19. The molecule has 0 aliphatic carbocycles. The Morgan fingerprint density at radius 1 is 0.450 bits per heavy atom. The summed E-state index contributed by atoms with van der Waals surface area (Å²) in [5.41, 5.74) is 0. The first-order valence-electron chi connectivity index (χ1n) is 25.6. The smallest absolute Gasteiger partial charge is 0.306 e. The van der Waals surface area contributed by atoms with Crippen molar-refractivity contribution in [3.05, 3.63) is 0 Å². The summed E-state index contributed by atoms with van der Waals surface area (Å²) in [4.78, 5) is 25.4. The maximum absolute atomic E-state index is 12.8. The van der Waals surface area contributed by atoms with Gasteiger partial charge < -0.3 is 39.4 Å². The zero-order valence-electron chi connectivity index (χ0n) is 39.0. The highest BCUT2D eigenvalue weighted by molar-refractivity contribution is 5.70. The van der Waals surface area contributed by atoms with Gasteiger partial charge in [-0.3, -0.25) is 9.59 Å². The molecule has 1 heterocycles. The highest BCUT2D eigenvalue weighted by Crippen LogP contribution is 2.23. The molecule has 0 amide bonds. The average molecular weight is 857 g/mol. The number of carbonyl (C=O) groups is 2. The van der Waals surface area contributed by atoms with Gasteiger partial charge in [-0.25, -0.2) is 0 Å². The van der Waals surface area contributed by atoms with Gasteiger partial charge in [0.25, 0.3) is 0 Å². The van der Waals surface area contributed by atoms with Gasteiger partial charge >= 0.3 is 11.9 Å². The maximum atomic E-state index is 12.8. The topological polar surface area (TPSA) is 152 Å². The van der Waals surface area contributed by atoms with Crippen molar-refractivity contribution in [3.8, 4) is 0 Å². The van der Waals surface area contributed by atoms with Gasteiger partial charge in [0.2, 0.25) is 0 Å². The van der Waals surface area contributed by atoms with Gasteiger partial charge in [0.15, 0.2) is 12.4 Å². The molecule has 1 fully saturated rings. The predicted molar refractivity (Wildman–Crippen MR) is 243 cm³/mol. The molecule has 0 aromatic rings. The van der Waals surface area contributed by atoms with Crippen LogP contribution in [0.3, 0.4) is 0 Å². The molecule has 0 aromatic carbocycles. The SMILES string of the molecule is CCCCCCCCCCCCCCCCCCCCCCC(=O)OC(COC(=O)CCCCCCCCCCCCCCCCC)COC1OC(CO)C(O)C(O)C1O. The Kier molecular flexibility index (Phi) is 39.4. The van der Waals surface area contributed by atoms with Crippen LogP contribution >= 0.6 is 0 Å². The van der Waals surface area contributed by atoms with E-state index in [1.807, 2.05) is 0 Å². The molecule has 1 rings (SSSR count). The maximum Gasteiger partial charge on any atom is 0.306 e. The lowest BCUT2D eigenvalue weighted by molar-refractivity contribution is -0.305. The van der Waals surface area contributed by atoms with E-state index < -0.39 is 49.4 Å². The molecule has 60 heavy (non-hydrogen) atoms. The van der Waals surface area contributed by atoms with Gasteiger partial charge in [0.1, 0.15) is 31.0 Å². The molecular weight excluding hydrogens is 761 g/mol. The number of ether oxygens (including phenoxy) is 4. The van der Waals surface area contributed by atoms with Crippen LogP contribution in [0.5, 0.6) is 0 Å². The van der Waals surface area contributed by atoms with Crippen molar-refractivity contribution in [2.24, 2.45) is 0 Å². The Balaban J connectivity index is 2.24. The van der Waals surface area contributed by atoms with Gasteiger partial charge in [-0.1, -0.05) is 226 Å². The van der Waals surface area contributed by atoms with Crippen LogP contribution in [0, 0.1) is 0 Å². The highest BCUT2D eigenvalue weighted by Gasteiger charge is 2.44. The molecule has 1 aliphatic rings. The summed E-state index contributed by atoms with van der Waals surface area (Å²) in [5, 5.41) is 40.2. The molecule has 0 aromatic heterocycles. The Bertz CT molecular complexity index is 948. The van der Waals surface area contributed by atoms with E-state index in [9.17, 15) is 30.0 Å². The summed E-state index contributed by atoms with van der Waals surface area (Å²) in [6.07, 6.45) is 36.8. The van der Waals surface area contributed by atoms with Crippen LogP contribution in [0.2, 0.25) is 0 Å². The predicted octanol–water partition coefficient (Wildman–Crippen LogP) is 11.7. The molecule has 0 bridgehead atoms. The molecule has 6 unspecified atom stereocenters. The van der Waals surface area contributed by atoms with Crippen molar-refractivity contribution in [1.29, 1.82) is 0 Å². The van der Waals surface area contributed by atoms with E-state index in [4.69, 9.17) is 18.9 Å². The average Bonchev–Trinajstić information content (AvgIpc) is 3.25. The van der Waals surface area contributed by atoms with Gasteiger partial charge in [0, 0.05) is 12.8 Å². The Labute approximate surface area is 368 Å². The van der Waals surface area contributed by atoms with Crippen molar-refractivity contribution in [2.45, 2.75) is 288 Å². The first-order chi connectivity index (χ1) is 29.3. The van der Waals surface area contributed by atoms with Gasteiger partial charge in [-0.05, 0) is 12.8 Å². The molecule has 10 heteroatoms. The van der Waals surface area contributed by atoms with E-state index in [0.29, 0.717) is 6.42 Å². The quantitative estimate of drug-likeness (QED) is 0.0344. The molecule has 356 valence electrons. The van der Waals surface area contributed by atoms with E-state index in [-0.39, 0.29) is 32.0 Å². The van der Waals surface area contributed by atoms with E-state index in [2.05, 4.69) is 13.8 Å². The molecule has 6 atom stereocenters. The van der Waals surface area contributed by atoms with E-state index in [0.717, 1.165) is 32.1 Å². The summed E-state index contributed by atoms with van der Waals surface area (Å²) in [6, 6.07) is 0. The third kappa shape index (κ3) is 32.4. The lowest BCUT2D eigenvalue weighted by atomic mass is 9.99. The summed E-state index contributed by atoms with van der Waals surface area (Å²) in [6.45, 7) is 3.48. The molecule has 4 N–H and O–H groups in total. The normalized spacial score (nSPS) is 19.7. The fourth-order valence-corrected chi connectivity index (χ4v) is 8.19. The minimum Gasteiger partial charge on any atom is -0.462 e. The van der Waals surface area contributed by atoms with Crippen molar-refractivity contribution in [3.63, 3.8) is 0 Å². The number of esters is 2. The molecular formula is C50H96O10. The minimum absolute atomic E-state index is 0.208. The zero-order chi connectivity index (χ0) is 43.7. The van der Waals surface area contributed by atoms with Crippen LogP contribution in [-0.2, 0) is 28.5 Å². The highest BCUT2D eigenvalue weighted by atomic mass is 16.7. The van der Waals surface area contributed by atoms with E-state index in [1.165, 1.54) is 186 Å². The molecule has 0 radical (unpaired) electrons. The third-order valence-corrected chi connectivity index (χ3v) is 12.2. The standard InChI is InChI=1S/C50H96O10/c1-3-5-7-9-11-13-15-17-19-20-21-22-23-25-27-29-31-33-35-37-39-46(53)59-43(42-58-50-49(56)48(55)47(54)44(40-51)60-50)41-57-45(52)38-36-34-32-30-28-26-24-18-16-14-12-10-8-6-4-2/h43-44,47-51,54-56H,3-42H2,1-2H3. The van der Waals surface area contributed by atoms with Crippen LogP contribution in [0.15, 0.2) is 0 Å². The third-order valence-electron chi connectivity index (χ3n) is 12.2. The van der Waals surface area contributed by atoms with Crippen molar-refractivity contribution >= 4 is 11.9 Å². The number of hydrogen-bond acceptors (Lipinski definition) is 10. The summed E-state index contributed by atoms with van der Waals surface area (Å²) in [5.74, 6) is -0.786. The Morgan fingerprint density at radius 2 is 0.783 bits per heavy atom. The summed E-state index contributed by atoms with van der Waals surface area (Å²) < 4.78 is 22.2. The van der Waals surface area contributed by atoms with Crippen molar-refractivity contribution in [1.82, 2.24) is 0 Å². The number of unbranched alkanes of at least 4 members (excludes halogenated alkanes) is 33. The van der Waals surface area contributed by atoms with E-state index >= 15 is 0 Å². The first kappa shape index (κ1) is 56.7. The Morgan fingerprint density at radius 3 is 1.13 bits per heavy atom. The Hall–Kier alpha value is -1.30. The van der Waals surface area contributed by atoms with Crippen LogP contribution in [0.4, 0.5) is 0 Å². The largest absolute Gasteiger partial charge is 0.462 e. The molecule has 1 saturated heterocycles. The summed E-state index contributed by atoms with van der Waals surface area (Å²) in [7, 11) is 0. The summed E-state index contributed by atoms with van der Waals surface area (Å²) >= 11 is 0. The second-order valence-corrected chi connectivity index (χ2v) is 18.0. The lowest BCUT2D eigenvalue weighted by Crippen LogP contribution is -2.59. The van der Waals surface area contributed by atoms with Crippen molar-refractivity contribution < 1.29 is 49.0 Å². The number of carbonyl (C=O) groups excluding carboxylic acids is 2. The van der Waals surface area contributed by atoms with E-state index in [1.54, 1.807) is 0 Å². The number of hydrogen-bond donors (Lipinski definition) is 4. The van der Waals surface area contributed by atoms with Crippen molar-refractivity contribution in [2.75, 3.05) is 19.8 Å². The van der Waals surface area contributed by atoms with Gasteiger partial charge in [-0.2, -0.15) is 0 Å². The second kappa shape index (κ2) is 41.7. The monoisotopic (exact) mass is 857 g/mol. The number of rotatable bonds is 44. The number of aliphatic hydroxyl groups excluding tert-OH is 4. The molecule has 0 saturated carbocycles.